The number of carbonyl (C=O) groups excluding carboxylic acids is 1. The Morgan fingerprint density at radius 3 is 2.62 bits per heavy atom. The van der Waals surface area contributed by atoms with Crippen molar-refractivity contribution in [2.24, 2.45) is 0 Å². The monoisotopic (exact) mass is 230 g/mol. The lowest BCUT2D eigenvalue weighted by Gasteiger charge is -2.17. The number of rotatable bonds is 3. The minimum atomic E-state index is 0.0987. The highest BCUT2D eigenvalue weighted by Gasteiger charge is 2.20. The van der Waals surface area contributed by atoms with Crippen LogP contribution in [0.25, 0.3) is 5.57 Å². The van der Waals surface area contributed by atoms with Crippen LogP contribution in [0.2, 0.25) is 0 Å². The molecule has 1 aromatic carbocycles. The van der Waals surface area contributed by atoms with Gasteiger partial charge in [0.1, 0.15) is 0 Å². The van der Waals surface area contributed by atoms with Crippen LogP contribution in [-0.2, 0) is 0 Å². The molecule has 82 valence electrons. The molecule has 0 spiro atoms. The molecule has 1 nitrogen and oxygen atoms in total. The molecular weight excluding hydrogens is 216 g/mol. The summed E-state index contributed by atoms with van der Waals surface area (Å²) in [7, 11) is 0. The van der Waals surface area contributed by atoms with Crippen LogP contribution in [-0.4, -0.2) is 11.5 Å². The first-order valence-corrected chi connectivity index (χ1v) is 6.40. The molecule has 0 radical (unpaired) electrons. The zero-order valence-corrected chi connectivity index (χ0v) is 10.1. The Labute approximate surface area is 100 Å². The van der Waals surface area contributed by atoms with Gasteiger partial charge in [-0.25, -0.2) is 0 Å². The van der Waals surface area contributed by atoms with E-state index < -0.39 is 0 Å². The standard InChI is InChI=1S/C14H14OS/c1-3-8-16-14-9-13(15)12-7-5-4-6-11(12)10(14)2/h4-7,9H,2-3,8H2,1H3. The van der Waals surface area contributed by atoms with Crippen LogP contribution in [0.3, 0.4) is 0 Å². The molecule has 1 aliphatic carbocycles. The predicted molar refractivity (Wildman–Crippen MR) is 70.6 cm³/mol. The van der Waals surface area contributed by atoms with Crippen molar-refractivity contribution in [2.45, 2.75) is 13.3 Å². The summed E-state index contributed by atoms with van der Waals surface area (Å²) in [6, 6.07) is 7.67. The Bertz CT molecular complexity index is 471. The van der Waals surface area contributed by atoms with Crippen LogP contribution in [0, 0.1) is 0 Å². The molecule has 0 atom stereocenters. The number of hydrogen-bond acceptors (Lipinski definition) is 2. The van der Waals surface area contributed by atoms with Crippen molar-refractivity contribution in [3.05, 3.63) is 53.0 Å². The van der Waals surface area contributed by atoms with Crippen LogP contribution >= 0.6 is 11.8 Å². The lowest BCUT2D eigenvalue weighted by molar-refractivity contribution is 0.104. The zero-order valence-electron chi connectivity index (χ0n) is 9.32. The largest absolute Gasteiger partial charge is 0.289 e. The van der Waals surface area contributed by atoms with Gasteiger partial charge >= 0.3 is 0 Å². The first-order valence-electron chi connectivity index (χ1n) is 5.41. The van der Waals surface area contributed by atoms with Crippen LogP contribution in [0.4, 0.5) is 0 Å². The number of ketones is 1. The van der Waals surface area contributed by atoms with Crippen molar-refractivity contribution >= 4 is 23.1 Å². The van der Waals surface area contributed by atoms with E-state index in [0.29, 0.717) is 0 Å². The molecule has 0 aliphatic heterocycles. The molecule has 2 rings (SSSR count). The molecule has 0 aromatic heterocycles. The van der Waals surface area contributed by atoms with E-state index in [1.165, 1.54) is 0 Å². The second-order valence-corrected chi connectivity index (χ2v) is 4.88. The van der Waals surface area contributed by atoms with Gasteiger partial charge in [-0.05, 0) is 23.3 Å². The average molecular weight is 230 g/mol. The smallest absolute Gasteiger partial charge is 0.187 e. The van der Waals surface area contributed by atoms with Gasteiger partial charge in [-0.15, -0.1) is 11.8 Å². The second kappa shape index (κ2) is 4.71. The Morgan fingerprint density at radius 2 is 1.94 bits per heavy atom. The summed E-state index contributed by atoms with van der Waals surface area (Å²) in [6.45, 7) is 6.22. The van der Waals surface area contributed by atoms with E-state index in [4.69, 9.17) is 0 Å². The lowest BCUT2D eigenvalue weighted by Crippen LogP contribution is -2.07. The molecule has 0 saturated heterocycles. The van der Waals surface area contributed by atoms with E-state index in [1.807, 2.05) is 24.3 Å². The van der Waals surface area contributed by atoms with Gasteiger partial charge in [0.15, 0.2) is 5.78 Å². The first kappa shape index (κ1) is 11.2. The minimum Gasteiger partial charge on any atom is -0.289 e. The fraction of sp³-hybridized carbons (Fsp3) is 0.214. The maximum atomic E-state index is 11.9. The third-order valence-corrected chi connectivity index (χ3v) is 3.83. The summed E-state index contributed by atoms with van der Waals surface area (Å²) < 4.78 is 0. The average Bonchev–Trinajstić information content (AvgIpc) is 2.32. The van der Waals surface area contributed by atoms with E-state index in [0.717, 1.165) is 33.8 Å². The summed E-state index contributed by atoms with van der Waals surface area (Å²) in [6.07, 6.45) is 2.82. The molecule has 1 aliphatic rings. The normalized spacial score (nSPS) is 14.7. The topological polar surface area (TPSA) is 17.1 Å². The molecule has 0 fully saturated rings. The number of benzene rings is 1. The molecule has 0 N–H and O–H groups in total. The Morgan fingerprint density at radius 1 is 1.25 bits per heavy atom. The van der Waals surface area contributed by atoms with Crippen LogP contribution in [0.5, 0.6) is 0 Å². The van der Waals surface area contributed by atoms with Crippen LogP contribution in [0.1, 0.15) is 29.3 Å². The third-order valence-electron chi connectivity index (χ3n) is 2.54. The van der Waals surface area contributed by atoms with Gasteiger partial charge in [-0.1, -0.05) is 37.8 Å². The minimum absolute atomic E-state index is 0.0987. The number of allylic oxidation sites excluding steroid dienone is 2. The fourth-order valence-corrected chi connectivity index (χ4v) is 2.62. The van der Waals surface area contributed by atoms with Crippen molar-refractivity contribution in [3.8, 4) is 0 Å². The highest BCUT2D eigenvalue weighted by Crippen LogP contribution is 2.36. The molecule has 2 heteroatoms. The number of fused-ring (bicyclic) bond motifs is 1. The van der Waals surface area contributed by atoms with E-state index in [9.17, 15) is 4.79 Å². The van der Waals surface area contributed by atoms with Gasteiger partial charge in [0.25, 0.3) is 0 Å². The summed E-state index contributed by atoms with van der Waals surface area (Å²) in [5.41, 5.74) is 2.73. The Balaban J connectivity index is 2.36. The van der Waals surface area contributed by atoms with Crippen molar-refractivity contribution in [2.75, 3.05) is 5.75 Å². The quantitative estimate of drug-likeness (QED) is 0.782. The van der Waals surface area contributed by atoms with Gasteiger partial charge < -0.3 is 0 Å². The number of carbonyl (C=O) groups is 1. The maximum Gasteiger partial charge on any atom is 0.187 e. The van der Waals surface area contributed by atoms with Crippen molar-refractivity contribution < 1.29 is 4.79 Å². The van der Waals surface area contributed by atoms with E-state index in [-0.39, 0.29) is 5.78 Å². The van der Waals surface area contributed by atoms with E-state index in [2.05, 4.69) is 13.5 Å². The van der Waals surface area contributed by atoms with Crippen LogP contribution < -0.4 is 0 Å². The number of hydrogen-bond donors (Lipinski definition) is 0. The summed E-state index contributed by atoms with van der Waals surface area (Å²) in [4.78, 5) is 12.9. The van der Waals surface area contributed by atoms with Crippen molar-refractivity contribution in [1.29, 1.82) is 0 Å². The molecule has 0 amide bonds. The molecule has 0 heterocycles. The summed E-state index contributed by atoms with van der Waals surface area (Å²) in [5, 5.41) is 0. The van der Waals surface area contributed by atoms with Gasteiger partial charge in [-0.2, -0.15) is 0 Å². The fourth-order valence-electron chi connectivity index (χ4n) is 1.72. The van der Waals surface area contributed by atoms with Gasteiger partial charge in [0.2, 0.25) is 0 Å². The van der Waals surface area contributed by atoms with Gasteiger partial charge in [0, 0.05) is 16.5 Å². The molecular formula is C14H14OS. The summed E-state index contributed by atoms with van der Waals surface area (Å²) >= 11 is 1.71. The molecule has 0 saturated carbocycles. The van der Waals surface area contributed by atoms with Crippen molar-refractivity contribution in [3.63, 3.8) is 0 Å². The van der Waals surface area contributed by atoms with Crippen LogP contribution in [0.15, 0.2) is 41.8 Å². The molecule has 0 unspecified atom stereocenters. The Hall–Kier alpha value is -1.28. The van der Waals surface area contributed by atoms with Gasteiger partial charge in [-0.3, -0.25) is 4.79 Å². The van der Waals surface area contributed by atoms with Crippen molar-refractivity contribution in [1.82, 2.24) is 0 Å². The highest BCUT2D eigenvalue weighted by molar-refractivity contribution is 8.03. The lowest BCUT2D eigenvalue weighted by atomic mass is 9.92. The highest BCUT2D eigenvalue weighted by atomic mass is 32.2. The third kappa shape index (κ3) is 1.98. The molecule has 16 heavy (non-hydrogen) atoms. The van der Waals surface area contributed by atoms with E-state index >= 15 is 0 Å². The predicted octanol–water partition coefficient (Wildman–Crippen LogP) is 3.92. The SMILES string of the molecule is C=C1C(SCCC)=CC(=O)c2ccccc21. The molecule has 1 aromatic rings. The maximum absolute atomic E-state index is 11.9. The summed E-state index contributed by atoms with van der Waals surface area (Å²) in [5.74, 6) is 1.13. The second-order valence-electron chi connectivity index (χ2n) is 3.75. The zero-order chi connectivity index (χ0) is 11.5. The number of thioether (sulfide) groups is 1. The molecule has 0 bridgehead atoms. The first-order chi connectivity index (χ1) is 7.74. The Kier molecular flexibility index (Phi) is 3.30. The van der Waals surface area contributed by atoms with Gasteiger partial charge in [0.05, 0.1) is 0 Å². The van der Waals surface area contributed by atoms with E-state index in [1.54, 1.807) is 17.8 Å².